The van der Waals surface area contributed by atoms with Crippen LogP contribution in [0.15, 0.2) is 35.4 Å². The van der Waals surface area contributed by atoms with Crippen LogP contribution in [0.5, 0.6) is 0 Å². The average Bonchev–Trinajstić information content (AvgIpc) is 2.83. The van der Waals surface area contributed by atoms with Crippen molar-refractivity contribution >= 4 is 23.4 Å². The molecule has 2 aromatic rings. The number of thioether (sulfide) groups is 1. The number of benzene rings is 1. The Morgan fingerprint density at radius 2 is 2.24 bits per heavy atom. The second-order valence-electron chi connectivity index (χ2n) is 4.81. The molecule has 0 saturated heterocycles. The number of nitrogens with one attached hydrogen (secondary N) is 1. The molecule has 1 aromatic heterocycles. The van der Waals surface area contributed by atoms with Gasteiger partial charge in [-0.15, -0.1) is 11.8 Å². The van der Waals surface area contributed by atoms with Crippen LogP contribution >= 0.6 is 11.8 Å². The molecule has 2 rings (SSSR count). The first kappa shape index (κ1) is 15.9. The molecule has 0 atom stereocenters. The number of aryl methyl sites for hydroxylation is 2. The van der Waals surface area contributed by atoms with E-state index in [1.807, 2.05) is 13.8 Å². The molecule has 0 aliphatic heterocycles. The van der Waals surface area contributed by atoms with Gasteiger partial charge in [-0.1, -0.05) is 6.07 Å². The Kier molecular flexibility index (Phi) is 6.14. The van der Waals surface area contributed by atoms with E-state index in [4.69, 9.17) is 4.74 Å². The van der Waals surface area contributed by atoms with Gasteiger partial charge in [0, 0.05) is 36.5 Å². The van der Waals surface area contributed by atoms with E-state index in [2.05, 4.69) is 51.6 Å². The molecule has 1 aromatic carbocycles. The van der Waals surface area contributed by atoms with E-state index in [1.165, 1.54) is 4.90 Å². The summed E-state index contributed by atoms with van der Waals surface area (Å²) in [5.41, 5.74) is 2.09. The Bertz CT molecular complexity index is 568. The number of nitrogens with zero attached hydrogens (tertiary/aromatic N) is 2. The molecular formula is C16H23N3OS. The van der Waals surface area contributed by atoms with E-state index < -0.39 is 0 Å². The van der Waals surface area contributed by atoms with Crippen molar-refractivity contribution in [2.24, 2.45) is 0 Å². The second kappa shape index (κ2) is 8.10. The summed E-state index contributed by atoms with van der Waals surface area (Å²) in [4.78, 5) is 5.81. The van der Waals surface area contributed by atoms with Gasteiger partial charge in [-0.25, -0.2) is 4.98 Å². The molecule has 0 amide bonds. The highest BCUT2D eigenvalue weighted by Crippen LogP contribution is 2.22. The van der Waals surface area contributed by atoms with Crippen LogP contribution < -0.4 is 5.32 Å². The number of aromatic nitrogens is 2. The summed E-state index contributed by atoms with van der Waals surface area (Å²) in [5, 5.41) is 3.41. The van der Waals surface area contributed by atoms with Gasteiger partial charge >= 0.3 is 0 Å². The van der Waals surface area contributed by atoms with Crippen molar-refractivity contribution in [3.8, 4) is 0 Å². The van der Waals surface area contributed by atoms with Crippen LogP contribution in [0.2, 0.25) is 0 Å². The Labute approximate surface area is 130 Å². The van der Waals surface area contributed by atoms with Crippen LogP contribution in [-0.4, -0.2) is 29.0 Å². The average molecular weight is 305 g/mol. The predicted octanol–water partition coefficient (Wildman–Crippen LogP) is 4.08. The zero-order valence-electron chi connectivity index (χ0n) is 12.9. The molecule has 0 saturated carbocycles. The zero-order chi connectivity index (χ0) is 15.1. The second-order valence-corrected chi connectivity index (χ2v) is 5.69. The SMILES string of the molecule is CCOCCCn1cc(C)nc1Nc1cccc(SC)c1. The molecule has 0 fully saturated rings. The lowest BCUT2D eigenvalue weighted by atomic mass is 10.3. The highest BCUT2D eigenvalue weighted by molar-refractivity contribution is 7.98. The van der Waals surface area contributed by atoms with E-state index in [0.717, 1.165) is 43.5 Å². The van der Waals surface area contributed by atoms with Crippen molar-refractivity contribution in [3.63, 3.8) is 0 Å². The lowest BCUT2D eigenvalue weighted by Gasteiger charge is -2.10. The monoisotopic (exact) mass is 305 g/mol. The van der Waals surface area contributed by atoms with Gasteiger partial charge in [0.05, 0.1) is 5.69 Å². The summed E-state index contributed by atoms with van der Waals surface area (Å²) in [6.07, 6.45) is 5.15. The minimum atomic E-state index is 0.773. The fourth-order valence-electron chi connectivity index (χ4n) is 2.13. The van der Waals surface area contributed by atoms with E-state index in [-0.39, 0.29) is 0 Å². The quantitative estimate of drug-likeness (QED) is 0.589. The van der Waals surface area contributed by atoms with Gasteiger partial charge in [0.25, 0.3) is 0 Å². The number of ether oxygens (including phenoxy) is 1. The molecule has 0 aliphatic carbocycles. The molecule has 21 heavy (non-hydrogen) atoms. The van der Waals surface area contributed by atoms with Gasteiger partial charge in [0.2, 0.25) is 5.95 Å². The Balaban J connectivity index is 2.04. The maximum Gasteiger partial charge on any atom is 0.207 e. The first-order chi connectivity index (χ1) is 10.2. The van der Waals surface area contributed by atoms with Crippen molar-refractivity contribution in [2.75, 3.05) is 24.8 Å². The largest absolute Gasteiger partial charge is 0.382 e. The van der Waals surface area contributed by atoms with Gasteiger partial charge < -0.3 is 14.6 Å². The first-order valence-electron chi connectivity index (χ1n) is 7.25. The van der Waals surface area contributed by atoms with E-state index in [9.17, 15) is 0 Å². The molecular weight excluding hydrogens is 282 g/mol. The molecule has 4 nitrogen and oxygen atoms in total. The topological polar surface area (TPSA) is 39.1 Å². The molecule has 0 spiro atoms. The van der Waals surface area contributed by atoms with Crippen LogP contribution in [-0.2, 0) is 11.3 Å². The zero-order valence-corrected chi connectivity index (χ0v) is 13.7. The van der Waals surface area contributed by atoms with Crippen molar-refractivity contribution in [1.82, 2.24) is 9.55 Å². The number of rotatable bonds is 8. The third-order valence-electron chi connectivity index (χ3n) is 3.11. The number of anilines is 2. The van der Waals surface area contributed by atoms with Crippen molar-refractivity contribution in [3.05, 3.63) is 36.2 Å². The molecule has 1 heterocycles. The number of imidazole rings is 1. The smallest absolute Gasteiger partial charge is 0.207 e. The van der Waals surface area contributed by atoms with Crippen LogP contribution in [0.1, 0.15) is 19.0 Å². The van der Waals surface area contributed by atoms with Crippen LogP contribution in [0, 0.1) is 6.92 Å². The van der Waals surface area contributed by atoms with Crippen LogP contribution in [0.25, 0.3) is 0 Å². The third-order valence-corrected chi connectivity index (χ3v) is 3.84. The maximum absolute atomic E-state index is 5.39. The molecule has 0 unspecified atom stereocenters. The normalized spacial score (nSPS) is 10.8. The first-order valence-corrected chi connectivity index (χ1v) is 8.48. The number of hydrogen-bond donors (Lipinski definition) is 1. The van der Waals surface area contributed by atoms with Gasteiger partial charge in [-0.05, 0) is 44.7 Å². The fourth-order valence-corrected chi connectivity index (χ4v) is 2.59. The summed E-state index contributed by atoms with van der Waals surface area (Å²) in [6, 6.07) is 8.37. The highest BCUT2D eigenvalue weighted by Gasteiger charge is 2.06. The van der Waals surface area contributed by atoms with Gasteiger partial charge in [-0.2, -0.15) is 0 Å². The molecule has 0 aliphatic rings. The summed E-state index contributed by atoms with van der Waals surface area (Å²) in [5.74, 6) is 0.891. The predicted molar refractivity (Wildman–Crippen MR) is 89.6 cm³/mol. The Morgan fingerprint density at radius 1 is 1.38 bits per heavy atom. The molecule has 1 N–H and O–H groups in total. The number of hydrogen-bond acceptors (Lipinski definition) is 4. The lowest BCUT2D eigenvalue weighted by Crippen LogP contribution is -2.06. The van der Waals surface area contributed by atoms with E-state index >= 15 is 0 Å². The fraction of sp³-hybridized carbons (Fsp3) is 0.438. The molecule has 5 heteroatoms. The summed E-state index contributed by atoms with van der Waals surface area (Å²) in [6.45, 7) is 6.51. The van der Waals surface area contributed by atoms with E-state index in [0.29, 0.717) is 0 Å². The maximum atomic E-state index is 5.39. The minimum Gasteiger partial charge on any atom is -0.382 e. The minimum absolute atomic E-state index is 0.773. The standard InChI is InChI=1S/C16H23N3OS/c1-4-20-10-6-9-19-12-13(2)17-16(19)18-14-7-5-8-15(11-14)21-3/h5,7-8,11-12H,4,6,9-10H2,1-3H3,(H,17,18). The van der Waals surface area contributed by atoms with Crippen molar-refractivity contribution in [2.45, 2.75) is 31.7 Å². The Morgan fingerprint density at radius 3 is 3.00 bits per heavy atom. The van der Waals surface area contributed by atoms with Gasteiger partial charge in [0.15, 0.2) is 0 Å². The summed E-state index contributed by atoms with van der Waals surface area (Å²) < 4.78 is 7.55. The Hall–Kier alpha value is -1.46. The highest BCUT2D eigenvalue weighted by atomic mass is 32.2. The van der Waals surface area contributed by atoms with Crippen LogP contribution in [0.3, 0.4) is 0 Å². The molecule has 0 bridgehead atoms. The molecule has 114 valence electrons. The van der Waals surface area contributed by atoms with Gasteiger partial charge in [0.1, 0.15) is 0 Å². The van der Waals surface area contributed by atoms with Gasteiger partial charge in [-0.3, -0.25) is 0 Å². The molecule has 0 radical (unpaired) electrons. The van der Waals surface area contributed by atoms with Crippen LogP contribution in [0.4, 0.5) is 11.6 Å². The van der Waals surface area contributed by atoms with E-state index in [1.54, 1.807) is 11.8 Å². The third kappa shape index (κ3) is 4.79. The van der Waals surface area contributed by atoms with Crippen molar-refractivity contribution < 1.29 is 4.74 Å². The van der Waals surface area contributed by atoms with Crippen molar-refractivity contribution in [1.29, 1.82) is 0 Å². The summed E-state index contributed by atoms with van der Waals surface area (Å²) >= 11 is 1.74. The summed E-state index contributed by atoms with van der Waals surface area (Å²) in [7, 11) is 0. The lowest BCUT2D eigenvalue weighted by molar-refractivity contribution is 0.142.